The number of anilines is 1. The summed E-state index contributed by atoms with van der Waals surface area (Å²) in [5.74, 6) is -0.402. The Morgan fingerprint density at radius 2 is 1.93 bits per heavy atom. The molecule has 1 heterocycles. The summed E-state index contributed by atoms with van der Waals surface area (Å²) in [4.78, 5) is 38.8. The first-order chi connectivity index (χ1) is 13.0. The maximum atomic E-state index is 12.7. The van der Waals surface area contributed by atoms with Gasteiger partial charge in [0, 0.05) is 19.0 Å². The van der Waals surface area contributed by atoms with Crippen LogP contribution in [0.1, 0.15) is 62.7 Å². The average Bonchev–Trinajstić information content (AvgIpc) is 3.09. The van der Waals surface area contributed by atoms with Gasteiger partial charge in [-0.2, -0.15) is 0 Å². The lowest BCUT2D eigenvalue weighted by Gasteiger charge is -2.30. The van der Waals surface area contributed by atoms with Crippen LogP contribution in [-0.4, -0.2) is 36.5 Å². The van der Waals surface area contributed by atoms with Crippen molar-refractivity contribution in [2.24, 2.45) is 5.92 Å². The van der Waals surface area contributed by atoms with Crippen LogP contribution in [0, 0.1) is 5.92 Å². The second kappa shape index (κ2) is 8.55. The molecule has 2 amide bonds. The van der Waals surface area contributed by atoms with Crippen molar-refractivity contribution in [1.29, 1.82) is 0 Å². The molecule has 1 aromatic rings. The molecule has 1 saturated heterocycles. The molecule has 6 heteroatoms. The summed E-state index contributed by atoms with van der Waals surface area (Å²) >= 11 is 0. The Hall–Kier alpha value is -2.37. The number of carbonyl (C=O) groups excluding carboxylic acids is 3. The molecule has 0 unspecified atom stereocenters. The van der Waals surface area contributed by atoms with Crippen LogP contribution in [0.2, 0.25) is 0 Å². The minimum atomic E-state index is -0.881. The van der Waals surface area contributed by atoms with E-state index in [1.165, 1.54) is 6.42 Å². The summed E-state index contributed by atoms with van der Waals surface area (Å²) in [6.45, 7) is 4.33. The van der Waals surface area contributed by atoms with Gasteiger partial charge in [0.25, 0.3) is 5.91 Å². The summed E-state index contributed by atoms with van der Waals surface area (Å²) in [6.07, 6.45) is 4.77. The van der Waals surface area contributed by atoms with Crippen LogP contribution in [0.25, 0.3) is 0 Å². The van der Waals surface area contributed by atoms with E-state index in [9.17, 15) is 14.4 Å². The number of para-hydroxylation sites is 1. The van der Waals surface area contributed by atoms with E-state index in [1.807, 2.05) is 0 Å². The Balaban J connectivity index is 1.64. The first-order valence-corrected chi connectivity index (χ1v) is 9.88. The van der Waals surface area contributed by atoms with Crippen molar-refractivity contribution in [3.05, 3.63) is 29.8 Å². The topological polar surface area (TPSA) is 75.7 Å². The third-order valence-corrected chi connectivity index (χ3v) is 5.58. The minimum Gasteiger partial charge on any atom is -0.449 e. The number of esters is 1. The summed E-state index contributed by atoms with van der Waals surface area (Å²) in [5.41, 5.74) is 0.872. The van der Waals surface area contributed by atoms with Gasteiger partial charge in [-0.05, 0) is 44.2 Å². The quantitative estimate of drug-likeness (QED) is 0.806. The molecule has 3 rings (SSSR count). The lowest BCUT2D eigenvalue weighted by atomic mass is 9.86. The van der Waals surface area contributed by atoms with Gasteiger partial charge in [-0.25, -0.2) is 4.79 Å². The predicted octanol–water partition coefficient (Wildman–Crippen LogP) is 3.05. The van der Waals surface area contributed by atoms with Crippen LogP contribution < -0.4 is 10.2 Å². The second-order valence-corrected chi connectivity index (χ2v) is 7.59. The molecule has 0 radical (unpaired) electrons. The molecule has 6 nitrogen and oxygen atoms in total. The highest BCUT2D eigenvalue weighted by Gasteiger charge is 2.29. The maximum absolute atomic E-state index is 12.7. The van der Waals surface area contributed by atoms with Crippen molar-refractivity contribution < 1.29 is 19.1 Å². The first-order valence-electron chi connectivity index (χ1n) is 9.88. The van der Waals surface area contributed by atoms with Crippen molar-refractivity contribution in [1.82, 2.24) is 5.32 Å². The van der Waals surface area contributed by atoms with Crippen LogP contribution in [-0.2, 0) is 14.3 Å². The number of hydrogen-bond acceptors (Lipinski definition) is 4. The lowest BCUT2D eigenvalue weighted by molar-refractivity contribution is -0.130. The molecular formula is C21H28N2O4. The third kappa shape index (κ3) is 4.49. The highest BCUT2D eigenvalue weighted by atomic mass is 16.5. The van der Waals surface area contributed by atoms with E-state index in [2.05, 4.69) is 12.2 Å². The van der Waals surface area contributed by atoms with Gasteiger partial charge >= 0.3 is 5.97 Å². The Morgan fingerprint density at radius 3 is 2.63 bits per heavy atom. The van der Waals surface area contributed by atoms with Crippen LogP contribution >= 0.6 is 0 Å². The number of ether oxygens (including phenoxy) is 1. The van der Waals surface area contributed by atoms with E-state index in [0.717, 1.165) is 25.7 Å². The zero-order chi connectivity index (χ0) is 19.4. The molecule has 0 bridgehead atoms. The predicted molar refractivity (Wildman–Crippen MR) is 102 cm³/mol. The SMILES string of the molecule is C[C@@H]1CCCC[C@H]1NC(=O)[C@@H](C)OC(=O)c1ccccc1N1CCCC1=O. The summed E-state index contributed by atoms with van der Waals surface area (Å²) in [7, 11) is 0. The average molecular weight is 372 g/mol. The summed E-state index contributed by atoms with van der Waals surface area (Å²) in [5, 5.41) is 3.02. The number of hydrogen-bond donors (Lipinski definition) is 1. The van der Waals surface area contributed by atoms with Gasteiger partial charge in [0.05, 0.1) is 11.3 Å². The normalized spacial score (nSPS) is 23.8. The van der Waals surface area contributed by atoms with Crippen LogP contribution in [0.15, 0.2) is 24.3 Å². The van der Waals surface area contributed by atoms with Crippen LogP contribution in [0.5, 0.6) is 0 Å². The molecule has 0 aromatic heterocycles. The third-order valence-electron chi connectivity index (χ3n) is 5.58. The van der Waals surface area contributed by atoms with E-state index < -0.39 is 12.1 Å². The fraction of sp³-hybridized carbons (Fsp3) is 0.571. The molecule has 3 atom stereocenters. The molecule has 1 N–H and O–H groups in total. The van der Waals surface area contributed by atoms with Gasteiger partial charge < -0.3 is 15.0 Å². The molecule has 2 fully saturated rings. The van der Waals surface area contributed by atoms with E-state index in [1.54, 1.807) is 36.1 Å². The van der Waals surface area contributed by atoms with Crippen molar-refractivity contribution in [3.63, 3.8) is 0 Å². The molecule has 1 aliphatic heterocycles. The van der Waals surface area contributed by atoms with Gasteiger partial charge in [0.2, 0.25) is 5.91 Å². The van der Waals surface area contributed by atoms with Gasteiger partial charge in [-0.1, -0.05) is 31.9 Å². The van der Waals surface area contributed by atoms with Crippen molar-refractivity contribution in [2.45, 2.75) is 64.5 Å². The Bertz CT molecular complexity index is 718. The summed E-state index contributed by atoms with van der Waals surface area (Å²) in [6, 6.07) is 7.04. The van der Waals surface area contributed by atoms with Crippen molar-refractivity contribution in [2.75, 3.05) is 11.4 Å². The number of carbonyl (C=O) groups is 3. The zero-order valence-corrected chi connectivity index (χ0v) is 16.1. The molecule has 1 aromatic carbocycles. The molecule has 1 saturated carbocycles. The highest BCUT2D eigenvalue weighted by Crippen LogP contribution is 2.27. The lowest BCUT2D eigenvalue weighted by Crippen LogP contribution is -2.46. The first kappa shape index (κ1) is 19.4. The smallest absolute Gasteiger partial charge is 0.341 e. The van der Waals surface area contributed by atoms with Crippen LogP contribution in [0.4, 0.5) is 5.69 Å². The second-order valence-electron chi connectivity index (χ2n) is 7.59. The van der Waals surface area contributed by atoms with E-state index in [4.69, 9.17) is 4.74 Å². The van der Waals surface area contributed by atoms with E-state index >= 15 is 0 Å². The Kier molecular flexibility index (Phi) is 6.14. The van der Waals surface area contributed by atoms with E-state index in [-0.39, 0.29) is 17.9 Å². The molecule has 2 aliphatic rings. The number of amides is 2. The number of nitrogens with zero attached hydrogens (tertiary/aromatic N) is 1. The van der Waals surface area contributed by atoms with Crippen molar-refractivity contribution in [3.8, 4) is 0 Å². The van der Waals surface area contributed by atoms with E-state index in [0.29, 0.717) is 30.1 Å². The molecule has 27 heavy (non-hydrogen) atoms. The standard InChI is InChI=1S/C21H28N2O4/c1-14-8-3-5-10-17(14)22-20(25)15(2)27-21(26)16-9-4-6-11-18(16)23-13-7-12-19(23)24/h4,6,9,11,14-15,17H,3,5,7-8,10,12-13H2,1-2H3,(H,22,25)/t14-,15-,17-/m1/s1. The largest absolute Gasteiger partial charge is 0.449 e. The Morgan fingerprint density at radius 1 is 1.19 bits per heavy atom. The van der Waals surface area contributed by atoms with Gasteiger partial charge in [0.1, 0.15) is 0 Å². The summed E-state index contributed by atoms with van der Waals surface area (Å²) < 4.78 is 5.42. The van der Waals surface area contributed by atoms with Crippen molar-refractivity contribution >= 4 is 23.5 Å². The molecular weight excluding hydrogens is 344 g/mol. The Labute approximate surface area is 160 Å². The fourth-order valence-electron chi connectivity index (χ4n) is 3.89. The molecule has 0 spiro atoms. The molecule has 1 aliphatic carbocycles. The maximum Gasteiger partial charge on any atom is 0.341 e. The van der Waals surface area contributed by atoms with Gasteiger partial charge in [-0.15, -0.1) is 0 Å². The van der Waals surface area contributed by atoms with Gasteiger partial charge in [0.15, 0.2) is 6.10 Å². The molecule has 146 valence electrons. The van der Waals surface area contributed by atoms with Gasteiger partial charge in [-0.3, -0.25) is 9.59 Å². The highest BCUT2D eigenvalue weighted by molar-refractivity contribution is 6.04. The fourth-order valence-corrected chi connectivity index (χ4v) is 3.89. The minimum absolute atomic E-state index is 0.00678. The number of benzene rings is 1. The zero-order valence-electron chi connectivity index (χ0n) is 16.1. The number of nitrogens with one attached hydrogen (secondary N) is 1. The number of rotatable bonds is 5. The van der Waals surface area contributed by atoms with Crippen LogP contribution in [0.3, 0.4) is 0 Å². The monoisotopic (exact) mass is 372 g/mol.